The monoisotopic (exact) mass is 314 g/mol. The second-order valence-corrected chi connectivity index (χ2v) is 6.23. The third kappa shape index (κ3) is 3.25. The van der Waals surface area contributed by atoms with E-state index in [1.165, 1.54) is 0 Å². The van der Waals surface area contributed by atoms with Crippen molar-refractivity contribution in [3.05, 3.63) is 33.8 Å². The second kappa shape index (κ2) is 5.62. The summed E-state index contributed by atoms with van der Waals surface area (Å²) in [5.41, 5.74) is 0.0618. The summed E-state index contributed by atoms with van der Waals surface area (Å²) in [5.74, 6) is -0.223. The number of carbonyl (C=O) groups excluding carboxylic acids is 2. The van der Waals surface area contributed by atoms with Crippen LogP contribution in [0.2, 0.25) is 10.0 Å². The average Bonchev–Trinajstić information content (AvgIpc) is 2.33. The number of nitrogens with one attached hydrogen (secondary N) is 1. The molecule has 2 rings (SSSR count). The minimum absolute atomic E-state index is 0.0813. The molecular formula is C14H16Cl2N2O2. The molecule has 0 unspecified atom stereocenters. The fourth-order valence-corrected chi connectivity index (χ4v) is 2.75. The van der Waals surface area contributed by atoms with Gasteiger partial charge in [0.25, 0.3) is 0 Å². The molecular weight excluding hydrogens is 299 g/mol. The summed E-state index contributed by atoms with van der Waals surface area (Å²) in [6.07, 6.45) is 0.588. The molecule has 0 aliphatic carbocycles. The topological polar surface area (TPSA) is 49.4 Å². The maximum Gasteiger partial charge on any atom is 0.248 e. The first-order valence-electron chi connectivity index (χ1n) is 6.34. The van der Waals surface area contributed by atoms with E-state index in [2.05, 4.69) is 5.32 Å². The summed E-state index contributed by atoms with van der Waals surface area (Å²) in [6, 6.07) is 5.27. The molecule has 2 amide bonds. The number of carbonyl (C=O) groups is 2. The largest absolute Gasteiger partial charge is 0.341 e. The van der Waals surface area contributed by atoms with Crippen LogP contribution in [0, 0.1) is 0 Å². The highest BCUT2D eigenvalue weighted by molar-refractivity contribution is 6.35. The van der Waals surface area contributed by atoms with Gasteiger partial charge in [-0.1, -0.05) is 29.3 Å². The Labute approximate surface area is 128 Å². The predicted molar refractivity (Wildman–Crippen MR) is 79.0 cm³/mol. The third-order valence-corrected chi connectivity index (χ3v) is 3.86. The Morgan fingerprint density at radius 1 is 1.30 bits per heavy atom. The van der Waals surface area contributed by atoms with Gasteiger partial charge in [-0.25, -0.2) is 0 Å². The van der Waals surface area contributed by atoms with E-state index in [9.17, 15) is 9.59 Å². The molecule has 1 aliphatic heterocycles. The number of nitrogens with zero attached hydrogens (tertiary/aromatic N) is 1. The van der Waals surface area contributed by atoms with Crippen molar-refractivity contribution in [1.29, 1.82) is 0 Å². The van der Waals surface area contributed by atoms with Gasteiger partial charge in [-0.2, -0.15) is 0 Å². The Kier molecular flexibility index (Phi) is 4.25. The standard InChI is InChI=1S/C14H16Cl2N2O2/c1-14(2)13(20)18(8-12(19)17-14)6-5-9-3-4-10(15)7-11(9)16/h3-4,7H,5-6,8H2,1-2H3,(H,17,19). The first-order chi connectivity index (χ1) is 9.29. The van der Waals surface area contributed by atoms with E-state index < -0.39 is 5.54 Å². The summed E-state index contributed by atoms with van der Waals surface area (Å²) in [4.78, 5) is 25.4. The average molecular weight is 315 g/mol. The summed E-state index contributed by atoms with van der Waals surface area (Å²) in [6.45, 7) is 3.95. The zero-order chi connectivity index (χ0) is 14.9. The summed E-state index contributed by atoms with van der Waals surface area (Å²) < 4.78 is 0. The Balaban J connectivity index is 2.06. The highest BCUT2D eigenvalue weighted by Gasteiger charge is 2.38. The zero-order valence-corrected chi connectivity index (χ0v) is 12.9. The van der Waals surface area contributed by atoms with E-state index in [0.29, 0.717) is 23.0 Å². The van der Waals surface area contributed by atoms with Crippen molar-refractivity contribution in [3.8, 4) is 0 Å². The molecule has 108 valence electrons. The molecule has 1 fully saturated rings. The number of hydrogen-bond acceptors (Lipinski definition) is 2. The number of benzene rings is 1. The van der Waals surface area contributed by atoms with Crippen molar-refractivity contribution in [2.24, 2.45) is 0 Å². The molecule has 4 nitrogen and oxygen atoms in total. The lowest BCUT2D eigenvalue weighted by Gasteiger charge is -2.37. The zero-order valence-electron chi connectivity index (χ0n) is 11.4. The van der Waals surface area contributed by atoms with Crippen LogP contribution in [-0.4, -0.2) is 35.3 Å². The number of piperazine rings is 1. The van der Waals surface area contributed by atoms with Crippen LogP contribution in [0.25, 0.3) is 0 Å². The van der Waals surface area contributed by atoms with Crippen molar-refractivity contribution >= 4 is 35.0 Å². The van der Waals surface area contributed by atoms with Gasteiger partial charge in [0.1, 0.15) is 5.54 Å². The number of amides is 2. The second-order valence-electron chi connectivity index (χ2n) is 5.39. The molecule has 1 saturated heterocycles. The van der Waals surface area contributed by atoms with Gasteiger partial charge in [-0.3, -0.25) is 9.59 Å². The van der Waals surface area contributed by atoms with Gasteiger partial charge in [0, 0.05) is 16.6 Å². The van der Waals surface area contributed by atoms with E-state index >= 15 is 0 Å². The molecule has 0 bridgehead atoms. The molecule has 1 heterocycles. The molecule has 0 aromatic heterocycles. The quantitative estimate of drug-likeness (QED) is 0.930. The lowest BCUT2D eigenvalue weighted by Crippen LogP contribution is -2.64. The summed E-state index contributed by atoms with van der Waals surface area (Å²) in [5, 5.41) is 3.83. The molecule has 0 saturated carbocycles. The van der Waals surface area contributed by atoms with Crippen LogP contribution in [0.3, 0.4) is 0 Å². The fourth-order valence-electron chi connectivity index (χ4n) is 2.24. The molecule has 0 spiro atoms. The van der Waals surface area contributed by atoms with Crippen LogP contribution in [-0.2, 0) is 16.0 Å². The van der Waals surface area contributed by atoms with Crippen LogP contribution in [0.1, 0.15) is 19.4 Å². The molecule has 1 aliphatic rings. The van der Waals surface area contributed by atoms with E-state index in [1.54, 1.807) is 30.9 Å². The molecule has 0 radical (unpaired) electrons. The molecule has 0 atom stereocenters. The Bertz CT molecular complexity index is 558. The van der Waals surface area contributed by atoms with Crippen LogP contribution in [0.15, 0.2) is 18.2 Å². The van der Waals surface area contributed by atoms with Crippen molar-refractivity contribution in [3.63, 3.8) is 0 Å². The SMILES string of the molecule is CC1(C)NC(=O)CN(CCc2ccc(Cl)cc2Cl)C1=O. The predicted octanol–water partition coefficient (Wildman–Crippen LogP) is 2.27. The lowest BCUT2D eigenvalue weighted by atomic mass is 10.00. The highest BCUT2D eigenvalue weighted by atomic mass is 35.5. The highest BCUT2D eigenvalue weighted by Crippen LogP contribution is 2.22. The van der Waals surface area contributed by atoms with E-state index in [0.717, 1.165) is 5.56 Å². The maximum absolute atomic E-state index is 12.2. The van der Waals surface area contributed by atoms with Gasteiger partial charge >= 0.3 is 0 Å². The van der Waals surface area contributed by atoms with Crippen LogP contribution in [0.4, 0.5) is 0 Å². The van der Waals surface area contributed by atoms with E-state index in [1.807, 2.05) is 6.07 Å². The molecule has 1 N–H and O–H groups in total. The van der Waals surface area contributed by atoms with Gasteiger partial charge < -0.3 is 10.2 Å². The summed E-state index contributed by atoms with van der Waals surface area (Å²) >= 11 is 11.9. The van der Waals surface area contributed by atoms with Crippen LogP contribution >= 0.6 is 23.2 Å². The lowest BCUT2D eigenvalue weighted by molar-refractivity contribution is -0.148. The third-order valence-electron chi connectivity index (χ3n) is 3.27. The number of hydrogen-bond donors (Lipinski definition) is 1. The molecule has 20 heavy (non-hydrogen) atoms. The Morgan fingerprint density at radius 3 is 2.65 bits per heavy atom. The van der Waals surface area contributed by atoms with Gasteiger partial charge in [0.15, 0.2) is 0 Å². The van der Waals surface area contributed by atoms with E-state index in [4.69, 9.17) is 23.2 Å². The Hall–Kier alpha value is -1.26. The molecule has 6 heteroatoms. The van der Waals surface area contributed by atoms with Crippen molar-refractivity contribution in [1.82, 2.24) is 10.2 Å². The van der Waals surface area contributed by atoms with Crippen molar-refractivity contribution in [2.45, 2.75) is 25.8 Å². The maximum atomic E-state index is 12.2. The number of rotatable bonds is 3. The van der Waals surface area contributed by atoms with Crippen molar-refractivity contribution < 1.29 is 9.59 Å². The molecule has 1 aromatic carbocycles. The first kappa shape index (κ1) is 15.1. The van der Waals surface area contributed by atoms with Crippen molar-refractivity contribution in [2.75, 3.05) is 13.1 Å². The van der Waals surface area contributed by atoms with Crippen LogP contribution < -0.4 is 5.32 Å². The number of halogens is 2. The Morgan fingerprint density at radius 2 is 2.00 bits per heavy atom. The summed E-state index contributed by atoms with van der Waals surface area (Å²) in [7, 11) is 0. The fraction of sp³-hybridized carbons (Fsp3) is 0.429. The normalized spacial score (nSPS) is 18.1. The van der Waals surface area contributed by atoms with Gasteiger partial charge in [-0.15, -0.1) is 0 Å². The van der Waals surface area contributed by atoms with Gasteiger partial charge in [0.05, 0.1) is 6.54 Å². The first-order valence-corrected chi connectivity index (χ1v) is 7.09. The van der Waals surface area contributed by atoms with E-state index in [-0.39, 0.29) is 18.4 Å². The van der Waals surface area contributed by atoms with Gasteiger partial charge in [-0.05, 0) is 38.0 Å². The van der Waals surface area contributed by atoms with Gasteiger partial charge in [0.2, 0.25) is 11.8 Å². The van der Waals surface area contributed by atoms with Crippen LogP contribution in [0.5, 0.6) is 0 Å². The minimum atomic E-state index is -0.848. The molecule has 1 aromatic rings. The minimum Gasteiger partial charge on any atom is -0.341 e. The smallest absolute Gasteiger partial charge is 0.248 e.